The predicted molar refractivity (Wildman–Crippen MR) is 148 cm³/mol. The summed E-state index contributed by atoms with van der Waals surface area (Å²) in [7, 11) is -3.27. The first kappa shape index (κ1) is 29.1. The van der Waals surface area contributed by atoms with Crippen LogP contribution in [0.4, 0.5) is 5.69 Å². The normalized spacial score (nSPS) is 16.8. The van der Waals surface area contributed by atoms with Crippen LogP contribution >= 0.6 is 11.8 Å². The number of benzene rings is 1. The van der Waals surface area contributed by atoms with Crippen molar-refractivity contribution >= 4 is 34.2 Å². The molecule has 3 N–H and O–H groups in total. The number of sulfonamides is 1. The standard InChI is InChI=1S/C26H44BN3O2S2/c1-4-6-17-34(31,32)30-25(21(3)5-2)19-23-10-11-26(24(29)18-23)33-16-8-7-9-22-12-14-27(20-28)15-13-22/h10-11,18,21-22,25,30H,4-9,12-17,19,29H2,1-3H3. The Bertz CT molecular complexity index is 881. The molecular weight excluding hydrogens is 461 g/mol. The maximum Gasteiger partial charge on any atom is 0.267 e. The number of rotatable bonds is 15. The first-order valence-corrected chi connectivity index (χ1v) is 15.8. The number of nitrogens with two attached hydrogens (primary N) is 1. The highest BCUT2D eigenvalue weighted by Crippen LogP contribution is 2.31. The molecule has 1 saturated heterocycles. The summed E-state index contributed by atoms with van der Waals surface area (Å²) in [5, 5.41) is 9.03. The van der Waals surface area contributed by atoms with Crippen LogP contribution in [0.2, 0.25) is 12.6 Å². The van der Waals surface area contributed by atoms with Gasteiger partial charge in [-0.05, 0) is 54.5 Å². The van der Waals surface area contributed by atoms with Crippen molar-refractivity contribution in [3.63, 3.8) is 0 Å². The highest BCUT2D eigenvalue weighted by Gasteiger charge is 2.24. The Morgan fingerprint density at radius 1 is 1.24 bits per heavy atom. The third-order valence-corrected chi connectivity index (χ3v) is 9.92. The second-order valence-electron chi connectivity index (χ2n) is 10.0. The Labute approximate surface area is 213 Å². The molecule has 1 fully saturated rings. The Hall–Kier alpha value is -1.17. The van der Waals surface area contributed by atoms with Crippen LogP contribution < -0.4 is 10.5 Å². The molecule has 0 radical (unpaired) electrons. The highest BCUT2D eigenvalue weighted by atomic mass is 32.2. The predicted octanol–water partition coefficient (Wildman–Crippen LogP) is 6.18. The van der Waals surface area contributed by atoms with Crippen molar-refractivity contribution in [1.29, 1.82) is 5.26 Å². The highest BCUT2D eigenvalue weighted by molar-refractivity contribution is 7.99. The summed E-state index contributed by atoms with van der Waals surface area (Å²) < 4.78 is 27.9. The van der Waals surface area contributed by atoms with Gasteiger partial charge in [0.05, 0.1) is 5.75 Å². The molecule has 1 aromatic rings. The molecule has 8 heteroatoms. The number of anilines is 1. The fraction of sp³-hybridized carbons (Fsp3) is 0.731. The minimum Gasteiger partial charge on any atom is -0.398 e. The number of thioether (sulfide) groups is 1. The van der Waals surface area contributed by atoms with Gasteiger partial charge in [0.2, 0.25) is 10.0 Å². The molecule has 34 heavy (non-hydrogen) atoms. The number of nitriles is 1. The molecule has 0 saturated carbocycles. The largest absolute Gasteiger partial charge is 0.398 e. The van der Waals surface area contributed by atoms with Crippen LogP contribution in [0.1, 0.15) is 77.7 Å². The topological polar surface area (TPSA) is 96.0 Å². The van der Waals surface area contributed by atoms with E-state index in [1.165, 1.54) is 32.1 Å². The van der Waals surface area contributed by atoms with Crippen LogP contribution in [-0.4, -0.2) is 32.7 Å². The van der Waals surface area contributed by atoms with Crippen molar-refractivity contribution in [3.8, 4) is 5.97 Å². The summed E-state index contributed by atoms with van der Waals surface area (Å²) in [6, 6.07) is 6.10. The van der Waals surface area contributed by atoms with Crippen molar-refractivity contribution in [1.82, 2.24) is 4.72 Å². The molecule has 0 spiro atoms. The summed E-state index contributed by atoms with van der Waals surface area (Å²) in [5.74, 6) is 4.72. The van der Waals surface area contributed by atoms with Gasteiger partial charge in [-0.1, -0.05) is 78.0 Å². The summed E-state index contributed by atoms with van der Waals surface area (Å²) in [5.41, 5.74) is 8.24. The quantitative estimate of drug-likeness (QED) is 0.129. The van der Waals surface area contributed by atoms with E-state index >= 15 is 0 Å². The smallest absolute Gasteiger partial charge is 0.267 e. The van der Waals surface area contributed by atoms with Crippen LogP contribution in [0.3, 0.4) is 0 Å². The number of hydrogen-bond donors (Lipinski definition) is 2. The summed E-state index contributed by atoms with van der Waals surface area (Å²) in [4.78, 5) is 1.11. The lowest BCUT2D eigenvalue weighted by Crippen LogP contribution is -2.41. The lowest BCUT2D eigenvalue weighted by Gasteiger charge is -2.24. The van der Waals surface area contributed by atoms with Gasteiger partial charge in [-0.25, -0.2) is 18.4 Å². The van der Waals surface area contributed by atoms with Gasteiger partial charge in [0.15, 0.2) is 0 Å². The second kappa shape index (κ2) is 15.1. The summed E-state index contributed by atoms with van der Waals surface area (Å²) in [6.07, 6.45) is 11.4. The lowest BCUT2D eigenvalue weighted by atomic mass is 9.41. The van der Waals surface area contributed by atoms with Crippen molar-refractivity contribution in [2.45, 2.75) is 102 Å². The molecule has 0 aliphatic carbocycles. The zero-order valence-electron chi connectivity index (χ0n) is 21.4. The van der Waals surface area contributed by atoms with Gasteiger partial charge in [0.25, 0.3) is 6.71 Å². The van der Waals surface area contributed by atoms with Gasteiger partial charge in [0, 0.05) is 22.6 Å². The van der Waals surface area contributed by atoms with Crippen molar-refractivity contribution in [2.24, 2.45) is 11.8 Å². The molecule has 1 aromatic carbocycles. The number of unbranched alkanes of at least 4 members (excludes halogenated alkanes) is 2. The van der Waals surface area contributed by atoms with E-state index in [4.69, 9.17) is 11.0 Å². The van der Waals surface area contributed by atoms with Crippen molar-refractivity contribution in [3.05, 3.63) is 23.8 Å². The van der Waals surface area contributed by atoms with E-state index in [-0.39, 0.29) is 17.7 Å². The van der Waals surface area contributed by atoms with E-state index in [1.807, 2.05) is 24.8 Å². The molecule has 1 heterocycles. The molecule has 1 aliphatic heterocycles. The fourth-order valence-corrected chi connectivity index (χ4v) is 7.20. The third-order valence-electron chi connectivity index (χ3n) is 7.25. The Morgan fingerprint density at radius 3 is 2.59 bits per heavy atom. The molecule has 1 aliphatic rings. The van der Waals surface area contributed by atoms with Crippen LogP contribution in [0.15, 0.2) is 23.1 Å². The summed E-state index contributed by atoms with van der Waals surface area (Å²) >= 11 is 1.82. The second-order valence-corrected chi connectivity index (χ2v) is 13.1. The van der Waals surface area contributed by atoms with E-state index in [1.54, 1.807) is 0 Å². The molecule has 2 unspecified atom stereocenters. The van der Waals surface area contributed by atoms with Crippen LogP contribution in [0.5, 0.6) is 0 Å². The Kier molecular flexibility index (Phi) is 12.9. The zero-order chi connectivity index (χ0) is 25.0. The average Bonchev–Trinajstić information content (AvgIpc) is 2.83. The minimum absolute atomic E-state index is 0.118. The maximum atomic E-state index is 12.5. The van der Waals surface area contributed by atoms with E-state index in [0.29, 0.717) is 19.6 Å². The average molecular weight is 506 g/mol. The molecule has 0 aromatic heterocycles. The van der Waals surface area contributed by atoms with Gasteiger partial charge < -0.3 is 5.73 Å². The molecule has 2 rings (SSSR count). The van der Waals surface area contributed by atoms with Crippen molar-refractivity contribution < 1.29 is 8.42 Å². The van der Waals surface area contributed by atoms with Crippen molar-refractivity contribution in [2.75, 3.05) is 17.2 Å². The van der Waals surface area contributed by atoms with Crippen LogP contribution in [-0.2, 0) is 16.4 Å². The molecular formula is C26H44BN3O2S2. The van der Waals surface area contributed by atoms with Gasteiger partial charge >= 0.3 is 0 Å². The molecule has 190 valence electrons. The number of nitrogen functional groups attached to an aromatic ring is 1. The SMILES string of the molecule is CCCCS(=O)(=O)NC(Cc1ccc(SCCCCC2CCB(C#N)CC2)c(N)c1)C(C)CC. The lowest BCUT2D eigenvalue weighted by molar-refractivity contribution is 0.406. The first-order chi connectivity index (χ1) is 16.3. The number of nitrogens with zero attached hydrogens (tertiary/aromatic N) is 1. The fourth-order valence-electron chi connectivity index (χ4n) is 4.68. The number of hydrogen-bond acceptors (Lipinski definition) is 5. The van der Waals surface area contributed by atoms with Gasteiger partial charge in [-0.3, -0.25) is 0 Å². The van der Waals surface area contributed by atoms with Gasteiger partial charge in [-0.2, -0.15) is 0 Å². The monoisotopic (exact) mass is 505 g/mol. The third kappa shape index (κ3) is 10.2. The molecule has 0 amide bonds. The Balaban J connectivity index is 1.81. The van der Waals surface area contributed by atoms with Gasteiger partial charge in [0.1, 0.15) is 0 Å². The molecule has 0 bridgehead atoms. The van der Waals surface area contributed by atoms with Crippen LogP contribution in [0.25, 0.3) is 0 Å². The van der Waals surface area contributed by atoms with Gasteiger partial charge in [-0.15, -0.1) is 11.8 Å². The summed E-state index contributed by atoms with van der Waals surface area (Å²) in [6.45, 7) is 6.51. The zero-order valence-corrected chi connectivity index (χ0v) is 23.0. The molecule has 5 nitrogen and oxygen atoms in total. The first-order valence-electron chi connectivity index (χ1n) is 13.2. The van der Waals surface area contributed by atoms with Crippen LogP contribution in [0, 0.1) is 23.1 Å². The van der Waals surface area contributed by atoms with E-state index < -0.39 is 10.0 Å². The maximum absolute atomic E-state index is 12.5. The molecule has 2 atom stereocenters. The van der Waals surface area contributed by atoms with E-state index in [2.05, 4.69) is 36.7 Å². The minimum atomic E-state index is -3.27. The number of nitrogens with one attached hydrogen (secondary N) is 1. The Morgan fingerprint density at radius 2 is 1.97 bits per heavy atom. The van der Waals surface area contributed by atoms with E-state index in [0.717, 1.165) is 53.3 Å². The van der Waals surface area contributed by atoms with E-state index in [9.17, 15) is 8.42 Å².